The van der Waals surface area contributed by atoms with Crippen molar-refractivity contribution in [2.45, 2.75) is 6.61 Å². The third kappa shape index (κ3) is 1.25. The highest BCUT2D eigenvalue weighted by atomic mass is 19.1. The highest BCUT2D eigenvalue weighted by Gasteiger charge is 2.09. The second-order valence-corrected chi connectivity index (χ2v) is 2.06. The van der Waals surface area contributed by atoms with Gasteiger partial charge in [-0.15, -0.1) is 0 Å². The second-order valence-electron chi connectivity index (χ2n) is 2.06. The Bertz CT molecular complexity index is 273. The van der Waals surface area contributed by atoms with E-state index in [1.807, 2.05) is 0 Å². The van der Waals surface area contributed by atoms with Gasteiger partial charge in [-0.05, 0) is 12.1 Å². The molecule has 11 heavy (non-hydrogen) atoms. The maximum Gasteiger partial charge on any atom is 0.194 e. The minimum atomic E-state index is -0.979. The molecular formula is C7H7FO3. The van der Waals surface area contributed by atoms with Crippen molar-refractivity contribution in [2.24, 2.45) is 0 Å². The number of aliphatic hydroxyl groups excluding tert-OH is 1. The number of hydrogen-bond donors (Lipinski definition) is 3. The molecule has 0 amide bonds. The van der Waals surface area contributed by atoms with Crippen LogP contribution in [0.2, 0.25) is 0 Å². The third-order valence-corrected chi connectivity index (χ3v) is 1.35. The van der Waals surface area contributed by atoms with Crippen LogP contribution in [-0.4, -0.2) is 15.3 Å². The predicted molar refractivity (Wildman–Crippen MR) is 35.7 cm³/mol. The van der Waals surface area contributed by atoms with Crippen LogP contribution in [0.5, 0.6) is 11.5 Å². The molecule has 0 aliphatic rings. The summed E-state index contributed by atoms with van der Waals surface area (Å²) >= 11 is 0. The highest BCUT2D eigenvalue weighted by molar-refractivity contribution is 5.41. The monoisotopic (exact) mass is 158 g/mol. The fraction of sp³-hybridized carbons (Fsp3) is 0.143. The Morgan fingerprint density at radius 1 is 1.27 bits per heavy atom. The van der Waals surface area contributed by atoms with Crippen LogP contribution in [0.15, 0.2) is 12.1 Å². The Hall–Kier alpha value is -1.29. The summed E-state index contributed by atoms with van der Waals surface area (Å²) in [6.07, 6.45) is 0. The standard InChI is InChI=1S/C7H7FO3/c8-6-4(3-9)1-2-5(10)7(6)11/h1-2,9-11H,3H2. The van der Waals surface area contributed by atoms with E-state index < -0.39 is 23.9 Å². The first-order valence-electron chi connectivity index (χ1n) is 2.97. The van der Waals surface area contributed by atoms with Crippen LogP contribution < -0.4 is 0 Å². The van der Waals surface area contributed by atoms with Crippen LogP contribution >= 0.6 is 0 Å². The highest BCUT2D eigenvalue weighted by Crippen LogP contribution is 2.29. The SMILES string of the molecule is OCc1ccc(O)c(O)c1F. The normalized spacial score (nSPS) is 10.0. The van der Waals surface area contributed by atoms with Gasteiger partial charge >= 0.3 is 0 Å². The maximum atomic E-state index is 12.7. The van der Waals surface area contributed by atoms with Crippen LogP contribution in [-0.2, 0) is 6.61 Å². The molecule has 1 aromatic rings. The lowest BCUT2D eigenvalue weighted by Gasteiger charge is -2.01. The molecule has 0 bridgehead atoms. The average Bonchev–Trinajstić information content (AvgIpc) is 2.01. The molecule has 1 aromatic carbocycles. The molecule has 0 fully saturated rings. The van der Waals surface area contributed by atoms with Crippen molar-refractivity contribution in [1.82, 2.24) is 0 Å². The number of phenols is 2. The number of phenolic OH excluding ortho intramolecular Hbond substituents is 2. The van der Waals surface area contributed by atoms with E-state index in [9.17, 15) is 4.39 Å². The molecule has 3 N–H and O–H groups in total. The van der Waals surface area contributed by atoms with Crippen LogP contribution in [0.25, 0.3) is 0 Å². The first kappa shape index (κ1) is 7.81. The van der Waals surface area contributed by atoms with Gasteiger partial charge in [0, 0.05) is 5.56 Å². The minimum Gasteiger partial charge on any atom is -0.504 e. The molecule has 0 aliphatic heterocycles. The molecule has 0 atom stereocenters. The van der Waals surface area contributed by atoms with Gasteiger partial charge in [0.15, 0.2) is 17.3 Å². The number of benzene rings is 1. The van der Waals surface area contributed by atoms with Gasteiger partial charge in [0.25, 0.3) is 0 Å². The molecule has 0 saturated heterocycles. The van der Waals surface area contributed by atoms with Gasteiger partial charge in [-0.2, -0.15) is 0 Å². The van der Waals surface area contributed by atoms with Gasteiger partial charge in [-0.25, -0.2) is 4.39 Å². The van der Waals surface area contributed by atoms with Gasteiger partial charge in [-0.3, -0.25) is 0 Å². The molecule has 0 spiro atoms. The number of rotatable bonds is 1. The molecule has 0 aromatic heterocycles. The quantitative estimate of drug-likeness (QED) is 0.528. The predicted octanol–water partition coefficient (Wildman–Crippen LogP) is 0.729. The second kappa shape index (κ2) is 2.75. The molecule has 0 heterocycles. The Morgan fingerprint density at radius 3 is 2.45 bits per heavy atom. The zero-order valence-electron chi connectivity index (χ0n) is 5.58. The van der Waals surface area contributed by atoms with Gasteiger partial charge in [0.1, 0.15) is 0 Å². The van der Waals surface area contributed by atoms with Gasteiger partial charge in [0.05, 0.1) is 6.61 Å². The summed E-state index contributed by atoms with van der Waals surface area (Å²) in [5.74, 6) is -2.33. The third-order valence-electron chi connectivity index (χ3n) is 1.35. The number of halogens is 1. The molecule has 0 saturated carbocycles. The summed E-state index contributed by atoms with van der Waals surface area (Å²) in [4.78, 5) is 0. The van der Waals surface area contributed by atoms with Crippen molar-refractivity contribution in [1.29, 1.82) is 0 Å². The number of hydrogen-bond acceptors (Lipinski definition) is 3. The molecule has 4 heteroatoms. The molecule has 0 aliphatic carbocycles. The number of aliphatic hydroxyl groups is 1. The van der Waals surface area contributed by atoms with Crippen LogP contribution in [0, 0.1) is 5.82 Å². The number of aromatic hydroxyl groups is 2. The van der Waals surface area contributed by atoms with E-state index in [-0.39, 0.29) is 5.56 Å². The molecule has 0 radical (unpaired) electrons. The van der Waals surface area contributed by atoms with Crippen molar-refractivity contribution < 1.29 is 19.7 Å². The van der Waals surface area contributed by atoms with Crippen LogP contribution in [0.1, 0.15) is 5.56 Å². The van der Waals surface area contributed by atoms with Crippen LogP contribution in [0.4, 0.5) is 4.39 Å². The summed E-state index contributed by atoms with van der Waals surface area (Å²) < 4.78 is 12.7. The Morgan fingerprint density at radius 2 is 1.91 bits per heavy atom. The van der Waals surface area contributed by atoms with E-state index in [1.165, 1.54) is 6.07 Å². The van der Waals surface area contributed by atoms with Crippen molar-refractivity contribution in [2.75, 3.05) is 0 Å². The largest absolute Gasteiger partial charge is 0.504 e. The summed E-state index contributed by atoms with van der Waals surface area (Å²) in [5, 5.41) is 26.0. The summed E-state index contributed by atoms with van der Waals surface area (Å²) in [5.41, 5.74) is -0.0414. The van der Waals surface area contributed by atoms with Crippen molar-refractivity contribution in [3.63, 3.8) is 0 Å². The Labute approximate surface area is 62.3 Å². The molecule has 60 valence electrons. The van der Waals surface area contributed by atoms with E-state index in [4.69, 9.17) is 15.3 Å². The van der Waals surface area contributed by atoms with E-state index in [0.29, 0.717) is 0 Å². The van der Waals surface area contributed by atoms with Gasteiger partial charge < -0.3 is 15.3 Å². The zero-order valence-corrected chi connectivity index (χ0v) is 5.58. The van der Waals surface area contributed by atoms with E-state index >= 15 is 0 Å². The van der Waals surface area contributed by atoms with Crippen molar-refractivity contribution in [3.8, 4) is 11.5 Å². The molecule has 0 unspecified atom stereocenters. The summed E-state index contributed by atoms with van der Waals surface area (Å²) in [7, 11) is 0. The summed E-state index contributed by atoms with van der Waals surface area (Å²) in [6.45, 7) is -0.500. The Balaban J connectivity index is 3.25. The fourth-order valence-corrected chi connectivity index (χ4v) is 0.718. The summed E-state index contributed by atoms with van der Waals surface area (Å²) in [6, 6.07) is 2.31. The van der Waals surface area contributed by atoms with E-state index in [1.54, 1.807) is 0 Å². The lowest BCUT2D eigenvalue weighted by molar-refractivity contribution is 0.272. The topological polar surface area (TPSA) is 60.7 Å². The van der Waals surface area contributed by atoms with Gasteiger partial charge in [0.2, 0.25) is 0 Å². The molecule has 1 rings (SSSR count). The molecular weight excluding hydrogens is 151 g/mol. The van der Waals surface area contributed by atoms with E-state index in [0.717, 1.165) is 6.07 Å². The maximum absolute atomic E-state index is 12.7. The molecule has 3 nitrogen and oxygen atoms in total. The average molecular weight is 158 g/mol. The van der Waals surface area contributed by atoms with Gasteiger partial charge in [-0.1, -0.05) is 0 Å². The minimum absolute atomic E-state index is 0.0414. The lowest BCUT2D eigenvalue weighted by atomic mass is 10.2. The first-order valence-corrected chi connectivity index (χ1v) is 2.97. The zero-order chi connectivity index (χ0) is 8.43. The lowest BCUT2D eigenvalue weighted by Crippen LogP contribution is -1.89. The van der Waals surface area contributed by atoms with Crippen molar-refractivity contribution in [3.05, 3.63) is 23.5 Å². The first-order chi connectivity index (χ1) is 5.16. The Kier molecular flexibility index (Phi) is 1.96. The van der Waals surface area contributed by atoms with E-state index in [2.05, 4.69) is 0 Å². The fourth-order valence-electron chi connectivity index (χ4n) is 0.718. The van der Waals surface area contributed by atoms with Crippen LogP contribution in [0.3, 0.4) is 0 Å². The smallest absolute Gasteiger partial charge is 0.194 e. The van der Waals surface area contributed by atoms with Crippen molar-refractivity contribution >= 4 is 0 Å².